The van der Waals surface area contributed by atoms with E-state index in [1.807, 2.05) is 0 Å². The average Bonchev–Trinajstić information content (AvgIpc) is 2.53. The third kappa shape index (κ3) is 2.47. The molecule has 0 radical (unpaired) electrons. The van der Waals surface area contributed by atoms with Crippen LogP contribution in [0.5, 0.6) is 0 Å². The first-order valence-corrected chi connectivity index (χ1v) is 7.02. The van der Waals surface area contributed by atoms with E-state index < -0.39 is 10.0 Å². The molecule has 1 heterocycles. The highest BCUT2D eigenvalue weighted by molar-refractivity contribution is 7.89. The molecule has 1 aliphatic rings. The van der Waals surface area contributed by atoms with E-state index in [1.165, 1.54) is 10.9 Å². The minimum Gasteiger partial charge on any atom is -0.381 e. The lowest BCUT2D eigenvalue weighted by Crippen LogP contribution is -2.47. The van der Waals surface area contributed by atoms with E-state index in [4.69, 9.17) is 16.3 Å². The Morgan fingerprint density at radius 2 is 2.24 bits per heavy atom. The first-order chi connectivity index (χ1) is 7.94. The van der Waals surface area contributed by atoms with Gasteiger partial charge in [-0.1, -0.05) is 11.6 Å². The highest BCUT2D eigenvalue weighted by Crippen LogP contribution is 2.25. The van der Waals surface area contributed by atoms with E-state index in [1.54, 1.807) is 14.2 Å². The molecule has 0 atom stereocenters. The van der Waals surface area contributed by atoms with Gasteiger partial charge in [0.2, 0.25) is 5.03 Å². The Kier molecular flexibility index (Phi) is 3.44. The topological polar surface area (TPSA) is 73.2 Å². The number of aryl methyl sites for hydroxylation is 1. The lowest BCUT2D eigenvalue weighted by atomic mass is 9.90. The molecule has 1 fully saturated rings. The fourth-order valence-corrected chi connectivity index (χ4v) is 3.40. The van der Waals surface area contributed by atoms with Gasteiger partial charge in [-0.2, -0.15) is 0 Å². The van der Waals surface area contributed by atoms with Crippen molar-refractivity contribution in [2.45, 2.75) is 30.0 Å². The van der Waals surface area contributed by atoms with Crippen molar-refractivity contribution in [2.24, 2.45) is 7.05 Å². The van der Waals surface area contributed by atoms with Crippen LogP contribution in [0.1, 0.15) is 12.8 Å². The quantitative estimate of drug-likeness (QED) is 0.873. The van der Waals surface area contributed by atoms with Crippen LogP contribution in [-0.4, -0.2) is 37.2 Å². The molecule has 8 heteroatoms. The summed E-state index contributed by atoms with van der Waals surface area (Å²) in [5.74, 6) is 0. The van der Waals surface area contributed by atoms with Crippen LogP contribution in [-0.2, 0) is 21.8 Å². The average molecular weight is 280 g/mol. The summed E-state index contributed by atoms with van der Waals surface area (Å²) >= 11 is 5.85. The third-order valence-electron chi connectivity index (χ3n) is 2.84. The summed E-state index contributed by atoms with van der Waals surface area (Å²) in [6.07, 6.45) is 2.87. The number of sulfonamides is 1. The Hall–Kier alpha value is -0.630. The van der Waals surface area contributed by atoms with Crippen LogP contribution in [0.4, 0.5) is 0 Å². The van der Waals surface area contributed by atoms with Crippen molar-refractivity contribution in [2.75, 3.05) is 7.11 Å². The molecule has 0 aliphatic heterocycles. The summed E-state index contributed by atoms with van der Waals surface area (Å²) in [4.78, 5) is 3.79. The molecule has 1 N–H and O–H groups in total. The first kappa shape index (κ1) is 12.8. The van der Waals surface area contributed by atoms with E-state index in [2.05, 4.69) is 9.71 Å². The maximum Gasteiger partial charge on any atom is 0.261 e. The van der Waals surface area contributed by atoms with Gasteiger partial charge in [-0.25, -0.2) is 18.1 Å². The number of nitrogens with one attached hydrogen (secondary N) is 1. The Bertz CT molecular complexity index is 508. The van der Waals surface area contributed by atoms with Crippen molar-refractivity contribution in [3.8, 4) is 0 Å². The fraction of sp³-hybridized carbons (Fsp3) is 0.667. The van der Waals surface area contributed by atoms with Crippen LogP contribution in [0, 0.1) is 0 Å². The summed E-state index contributed by atoms with van der Waals surface area (Å²) < 4.78 is 33.0. The zero-order valence-electron chi connectivity index (χ0n) is 9.55. The number of methoxy groups -OCH3 is 1. The van der Waals surface area contributed by atoms with Gasteiger partial charge in [-0.15, -0.1) is 0 Å². The normalized spacial score (nSPS) is 24.6. The number of hydrogen-bond donors (Lipinski definition) is 1. The lowest BCUT2D eigenvalue weighted by molar-refractivity contribution is 0.0236. The molecular formula is C9H14ClN3O3S. The Labute approximate surface area is 105 Å². The zero-order valence-corrected chi connectivity index (χ0v) is 11.1. The Morgan fingerprint density at radius 3 is 2.71 bits per heavy atom. The molecule has 1 aromatic rings. The first-order valence-electron chi connectivity index (χ1n) is 5.16. The summed E-state index contributed by atoms with van der Waals surface area (Å²) in [5, 5.41) is -0.0114. The van der Waals surface area contributed by atoms with Gasteiger partial charge in [0, 0.05) is 20.2 Å². The van der Waals surface area contributed by atoms with Crippen molar-refractivity contribution in [3.63, 3.8) is 0 Å². The van der Waals surface area contributed by atoms with Crippen molar-refractivity contribution in [1.82, 2.24) is 14.3 Å². The Morgan fingerprint density at radius 1 is 1.59 bits per heavy atom. The standard InChI is InChI=1S/C9H14ClN3O3S/c1-13-5-11-9(8(13)10)17(14,15)12-6-3-7(4-6)16-2/h5-7,12H,3-4H2,1-2H3. The van der Waals surface area contributed by atoms with Gasteiger partial charge in [0.25, 0.3) is 10.0 Å². The molecule has 0 amide bonds. The molecule has 17 heavy (non-hydrogen) atoms. The second kappa shape index (κ2) is 4.56. The fourth-order valence-electron chi connectivity index (χ4n) is 1.70. The molecule has 1 aliphatic carbocycles. The van der Waals surface area contributed by atoms with Crippen molar-refractivity contribution >= 4 is 21.6 Å². The van der Waals surface area contributed by atoms with Crippen LogP contribution >= 0.6 is 11.6 Å². The number of ether oxygens (including phenoxy) is 1. The van der Waals surface area contributed by atoms with Crippen LogP contribution < -0.4 is 4.72 Å². The van der Waals surface area contributed by atoms with Crippen LogP contribution in [0.2, 0.25) is 5.15 Å². The smallest absolute Gasteiger partial charge is 0.261 e. The van der Waals surface area contributed by atoms with E-state index in [0.29, 0.717) is 12.8 Å². The van der Waals surface area contributed by atoms with Gasteiger partial charge in [0.1, 0.15) is 5.15 Å². The van der Waals surface area contributed by atoms with Gasteiger partial charge >= 0.3 is 0 Å². The van der Waals surface area contributed by atoms with Gasteiger partial charge in [0.15, 0.2) is 0 Å². The molecule has 0 bridgehead atoms. The molecule has 0 saturated heterocycles. The molecule has 0 spiro atoms. The summed E-state index contributed by atoms with van der Waals surface area (Å²) in [6.45, 7) is 0. The van der Waals surface area contributed by atoms with Gasteiger partial charge in [-0.05, 0) is 12.8 Å². The largest absolute Gasteiger partial charge is 0.381 e. The second-order valence-electron chi connectivity index (χ2n) is 4.10. The highest BCUT2D eigenvalue weighted by Gasteiger charge is 2.34. The monoisotopic (exact) mass is 279 g/mol. The molecule has 1 saturated carbocycles. The van der Waals surface area contributed by atoms with Crippen molar-refractivity contribution in [1.29, 1.82) is 0 Å². The minimum atomic E-state index is -3.63. The minimum absolute atomic E-state index is 0.0944. The predicted molar refractivity (Wildman–Crippen MR) is 62.4 cm³/mol. The van der Waals surface area contributed by atoms with Crippen LogP contribution in [0.25, 0.3) is 0 Å². The van der Waals surface area contributed by atoms with E-state index in [-0.39, 0.29) is 22.3 Å². The third-order valence-corrected chi connectivity index (χ3v) is 4.85. The van der Waals surface area contributed by atoms with Crippen LogP contribution in [0.15, 0.2) is 11.4 Å². The number of nitrogens with zero attached hydrogens (tertiary/aromatic N) is 2. The van der Waals surface area contributed by atoms with Gasteiger partial charge < -0.3 is 9.30 Å². The maximum absolute atomic E-state index is 12.0. The number of halogens is 1. The summed E-state index contributed by atoms with van der Waals surface area (Å²) in [6, 6.07) is -0.0944. The number of aromatic nitrogens is 2. The second-order valence-corrected chi connectivity index (χ2v) is 6.09. The number of rotatable bonds is 4. The molecule has 96 valence electrons. The van der Waals surface area contributed by atoms with Gasteiger partial charge in [-0.3, -0.25) is 0 Å². The zero-order chi connectivity index (χ0) is 12.6. The number of imidazole rings is 1. The van der Waals surface area contributed by atoms with E-state index in [0.717, 1.165) is 0 Å². The molecule has 0 unspecified atom stereocenters. The molecule has 6 nitrogen and oxygen atoms in total. The van der Waals surface area contributed by atoms with Crippen molar-refractivity contribution < 1.29 is 13.2 Å². The van der Waals surface area contributed by atoms with Crippen molar-refractivity contribution in [3.05, 3.63) is 11.5 Å². The van der Waals surface area contributed by atoms with E-state index in [9.17, 15) is 8.42 Å². The van der Waals surface area contributed by atoms with E-state index >= 15 is 0 Å². The Balaban J connectivity index is 2.08. The summed E-state index contributed by atoms with van der Waals surface area (Å²) in [7, 11) is -0.378. The highest BCUT2D eigenvalue weighted by atomic mass is 35.5. The molecule has 2 rings (SSSR count). The summed E-state index contributed by atoms with van der Waals surface area (Å²) in [5.41, 5.74) is 0. The molecular weight excluding hydrogens is 266 g/mol. The van der Waals surface area contributed by atoms with Crippen LogP contribution in [0.3, 0.4) is 0 Å². The lowest BCUT2D eigenvalue weighted by Gasteiger charge is -2.34. The molecule has 1 aromatic heterocycles. The predicted octanol–water partition coefficient (Wildman–Crippen LogP) is 0.529. The molecule has 0 aromatic carbocycles. The SMILES string of the molecule is COC1CC(NS(=O)(=O)c2ncn(C)c2Cl)C1. The van der Waals surface area contributed by atoms with Gasteiger partial charge in [0.05, 0.1) is 12.4 Å². The number of hydrogen-bond acceptors (Lipinski definition) is 4. The maximum atomic E-state index is 12.0.